The van der Waals surface area contributed by atoms with Crippen LogP contribution >= 0.6 is 0 Å². The van der Waals surface area contributed by atoms with Gasteiger partial charge in [0.15, 0.2) is 0 Å². The predicted molar refractivity (Wildman–Crippen MR) is 60.3 cm³/mol. The topological polar surface area (TPSA) is 42.1 Å². The smallest absolute Gasteiger partial charge is 0.410 e. The van der Waals surface area contributed by atoms with Crippen LogP contribution in [0.5, 0.6) is 0 Å². The summed E-state index contributed by atoms with van der Waals surface area (Å²) in [7, 11) is 0. The van der Waals surface area contributed by atoms with Crippen molar-refractivity contribution < 1.29 is 14.3 Å². The van der Waals surface area contributed by atoms with Crippen molar-refractivity contribution in [2.24, 2.45) is 0 Å². The predicted octanol–water partition coefficient (Wildman–Crippen LogP) is 2.18. The van der Waals surface area contributed by atoms with Crippen molar-refractivity contribution in [1.82, 2.24) is 4.90 Å². The molecule has 2 aliphatic heterocycles. The van der Waals surface area contributed by atoms with Crippen LogP contribution in [0.3, 0.4) is 0 Å². The number of amides is 1. The Labute approximate surface area is 96.9 Å². The molecule has 4 nitrogen and oxygen atoms in total. The van der Waals surface area contributed by atoms with E-state index in [0.29, 0.717) is 6.54 Å². The summed E-state index contributed by atoms with van der Waals surface area (Å²) >= 11 is 0. The molecule has 0 saturated carbocycles. The van der Waals surface area contributed by atoms with Gasteiger partial charge < -0.3 is 14.4 Å². The number of hydrogen-bond acceptors (Lipinski definition) is 3. The van der Waals surface area contributed by atoms with Crippen molar-refractivity contribution in [1.29, 1.82) is 0 Å². The normalized spacial score (nSPS) is 30.1. The SMILES string of the molecule is CC(C)(C)OC(=O)N1CCCCC2(CO2)C1. The Kier molecular flexibility index (Phi) is 2.86. The Morgan fingerprint density at radius 3 is 2.62 bits per heavy atom. The average Bonchev–Trinajstić information content (AvgIpc) is 2.91. The molecule has 0 aliphatic carbocycles. The van der Waals surface area contributed by atoms with E-state index in [0.717, 1.165) is 32.4 Å². The van der Waals surface area contributed by atoms with E-state index in [1.165, 1.54) is 0 Å². The minimum atomic E-state index is -0.416. The summed E-state index contributed by atoms with van der Waals surface area (Å²) in [5, 5.41) is 0. The van der Waals surface area contributed by atoms with E-state index in [1.54, 1.807) is 4.90 Å². The highest BCUT2D eigenvalue weighted by molar-refractivity contribution is 5.68. The summed E-state index contributed by atoms with van der Waals surface area (Å²) in [6.45, 7) is 7.97. The number of epoxide rings is 1. The molecule has 0 aromatic carbocycles. The lowest BCUT2D eigenvalue weighted by Gasteiger charge is -2.27. The molecule has 2 heterocycles. The molecule has 0 N–H and O–H groups in total. The minimum absolute atomic E-state index is 0.0343. The summed E-state index contributed by atoms with van der Waals surface area (Å²) in [6, 6.07) is 0. The Morgan fingerprint density at radius 1 is 1.38 bits per heavy atom. The molecule has 1 amide bonds. The van der Waals surface area contributed by atoms with Crippen LogP contribution in [0.15, 0.2) is 0 Å². The van der Waals surface area contributed by atoms with Gasteiger partial charge >= 0.3 is 6.09 Å². The molecule has 2 aliphatic rings. The maximum atomic E-state index is 11.9. The maximum absolute atomic E-state index is 11.9. The van der Waals surface area contributed by atoms with Gasteiger partial charge in [-0.2, -0.15) is 0 Å². The van der Waals surface area contributed by atoms with Crippen LogP contribution in [-0.2, 0) is 9.47 Å². The van der Waals surface area contributed by atoms with Crippen molar-refractivity contribution in [2.45, 2.75) is 51.2 Å². The molecule has 1 unspecified atom stereocenters. The monoisotopic (exact) mass is 227 g/mol. The van der Waals surface area contributed by atoms with Gasteiger partial charge in [0.1, 0.15) is 11.2 Å². The number of rotatable bonds is 0. The van der Waals surface area contributed by atoms with Gasteiger partial charge in [0.2, 0.25) is 0 Å². The lowest BCUT2D eigenvalue weighted by atomic mass is 10.1. The molecule has 92 valence electrons. The molecule has 16 heavy (non-hydrogen) atoms. The van der Waals surface area contributed by atoms with Crippen molar-refractivity contribution in [3.8, 4) is 0 Å². The van der Waals surface area contributed by atoms with Crippen LogP contribution in [-0.4, -0.2) is 41.9 Å². The molecule has 4 heteroatoms. The highest BCUT2D eigenvalue weighted by atomic mass is 16.6. The molecule has 2 fully saturated rings. The quantitative estimate of drug-likeness (QED) is 0.596. The molecule has 0 bridgehead atoms. The summed E-state index contributed by atoms with van der Waals surface area (Å²) in [4.78, 5) is 13.7. The second kappa shape index (κ2) is 3.91. The van der Waals surface area contributed by atoms with Crippen LogP contribution < -0.4 is 0 Å². The number of ether oxygens (including phenoxy) is 2. The zero-order valence-electron chi connectivity index (χ0n) is 10.4. The van der Waals surface area contributed by atoms with E-state index in [-0.39, 0.29) is 11.7 Å². The first-order valence-electron chi connectivity index (χ1n) is 6.02. The van der Waals surface area contributed by atoms with Crippen LogP contribution in [0, 0.1) is 0 Å². The summed E-state index contributed by atoms with van der Waals surface area (Å²) < 4.78 is 10.9. The summed E-state index contributed by atoms with van der Waals surface area (Å²) in [5.74, 6) is 0. The van der Waals surface area contributed by atoms with Gasteiger partial charge in [-0.05, 0) is 40.0 Å². The zero-order chi connectivity index (χ0) is 11.8. The van der Waals surface area contributed by atoms with E-state index in [4.69, 9.17) is 9.47 Å². The molecule has 2 saturated heterocycles. The third-order valence-corrected chi connectivity index (χ3v) is 2.99. The van der Waals surface area contributed by atoms with Gasteiger partial charge in [-0.1, -0.05) is 0 Å². The number of likely N-dealkylation sites (tertiary alicyclic amines) is 1. The maximum Gasteiger partial charge on any atom is 0.410 e. The van der Waals surface area contributed by atoms with E-state index < -0.39 is 5.60 Å². The van der Waals surface area contributed by atoms with Crippen molar-refractivity contribution >= 4 is 6.09 Å². The van der Waals surface area contributed by atoms with E-state index in [2.05, 4.69) is 0 Å². The van der Waals surface area contributed by atoms with Gasteiger partial charge in [0.05, 0.1) is 13.2 Å². The number of carbonyl (C=O) groups excluding carboxylic acids is 1. The van der Waals surface area contributed by atoms with Crippen LogP contribution in [0.4, 0.5) is 4.79 Å². The second-order valence-corrected chi connectivity index (χ2v) is 5.83. The standard InChI is InChI=1S/C12H21NO3/c1-11(2,3)16-10(14)13-7-5-4-6-12(8-13)9-15-12/h4-9H2,1-3H3. The van der Waals surface area contributed by atoms with Gasteiger partial charge in [0, 0.05) is 6.54 Å². The minimum Gasteiger partial charge on any atom is -0.444 e. The van der Waals surface area contributed by atoms with Crippen molar-refractivity contribution in [2.75, 3.05) is 19.7 Å². The lowest BCUT2D eigenvalue weighted by Crippen LogP contribution is -2.41. The van der Waals surface area contributed by atoms with Gasteiger partial charge in [-0.3, -0.25) is 0 Å². The number of hydrogen-bond donors (Lipinski definition) is 0. The first kappa shape index (κ1) is 11.7. The van der Waals surface area contributed by atoms with Crippen LogP contribution in [0.2, 0.25) is 0 Å². The third-order valence-electron chi connectivity index (χ3n) is 2.99. The van der Waals surface area contributed by atoms with E-state index in [9.17, 15) is 4.79 Å². The first-order valence-corrected chi connectivity index (χ1v) is 6.02. The molecular weight excluding hydrogens is 206 g/mol. The van der Waals surface area contributed by atoms with E-state index >= 15 is 0 Å². The Bertz CT molecular complexity index is 278. The molecular formula is C12H21NO3. The van der Waals surface area contributed by atoms with Gasteiger partial charge in [-0.25, -0.2) is 4.79 Å². The fraction of sp³-hybridized carbons (Fsp3) is 0.917. The average molecular weight is 227 g/mol. The molecule has 1 atom stereocenters. The fourth-order valence-corrected chi connectivity index (χ4v) is 2.08. The third kappa shape index (κ3) is 2.88. The summed E-state index contributed by atoms with van der Waals surface area (Å²) in [6.07, 6.45) is 3.06. The van der Waals surface area contributed by atoms with Gasteiger partial charge in [0.25, 0.3) is 0 Å². The summed E-state index contributed by atoms with van der Waals surface area (Å²) in [5.41, 5.74) is -0.450. The zero-order valence-corrected chi connectivity index (χ0v) is 10.4. The van der Waals surface area contributed by atoms with Gasteiger partial charge in [-0.15, -0.1) is 0 Å². The number of carbonyl (C=O) groups is 1. The highest BCUT2D eigenvalue weighted by Crippen LogP contribution is 2.36. The molecule has 0 aromatic heterocycles. The van der Waals surface area contributed by atoms with Crippen LogP contribution in [0.1, 0.15) is 40.0 Å². The Morgan fingerprint density at radius 2 is 2.06 bits per heavy atom. The highest BCUT2D eigenvalue weighted by Gasteiger charge is 2.47. The molecule has 0 radical (unpaired) electrons. The molecule has 1 spiro atoms. The fourth-order valence-electron chi connectivity index (χ4n) is 2.08. The largest absolute Gasteiger partial charge is 0.444 e. The van der Waals surface area contributed by atoms with Crippen LogP contribution in [0.25, 0.3) is 0 Å². The first-order chi connectivity index (χ1) is 7.40. The van der Waals surface area contributed by atoms with Crippen molar-refractivity contribution in [3.05, 3.63) is 0 Å². The van der Waals surface area contributed by atoms with E-state index in [1.807, 2.05) is 20.8 Å². The number of nitrogens with zero attached hydrogens (tertiary/aromatic N) is 1. The van der Waals surface area contributed by atoms with Crippen molar-refractivity contribution in [3.63, 3.8) is 0 Å². The molecule has 2 rings (SSSR count). The second-order valence-electron chi connectivity index (χ2n) is 5.83. The lowest BCUT2D eigenvalue weighted by molar-refractivity contribution is 0.0219. The molecule has 0 aromatic rings. The Balaban J connectivity index is 1.94. The Hall–Kier alpha value is -0.770.